The van der Waals surface area contributed by atoms with E-state index in [-0.39, 0.29) is 56.7 Å². The van der Waals surface area contributed by atoms with E-state index in [4.69, 9.17) is 0 Å². The molecule has 0 amide bonds. The number of anilines is 2. The number of aromatic hydroxyl groups is 2. The van der Waals surface area contributed by atoms with Crippen molar-refractivity contribution in [3.05, 3.63) is 179 Å². The van der Waals surface area contributed by atoms with Gasteiger partial charge in [0.1, 0.15) is 11.5 Å². The van der Waals surface area contributed by atoms with Gasteiger partial charge < -0.3 is 31.1 Å². The molecule has 0 fully saturated rings. The lowest BCUT2D eigenvalue weighted by molar-refractivity contribution is -0.113. The molecule has 8 nitrogen and oxygen atoms in total. The number of aliphatic hydroxyl groups is 2. The van der Waals surface area contributed by atoms with Crippen molar-refractivity contribution in [2.75, 3.05) is 10.6 Å². The van der Waals surface area contributed by atoms with Gasteiger partial charge in [-0.15, -0.1) is 0 Å². The van der Waals surface area contributed by atoms with Gasteiger partial charge in [0.15, 0.2) is 11.5 Å². The number of Topliss-reactive ketones (excluding diaryl/α,β-unsaturated/α-hetero) is 2. The third-order valence-corrected chi connectivity index (χ3v) is 11.7. The summed E-state index contributed by atoms with van der Waals surface area (Å²) in [6.07, 6.45) is 2.98. The van der Waals surface area contributed by atoms with Crippen LogP contribution in [0.5, 0.6) is 11.5 Å². The second-order valence-electron chi connectivity index (χ2n) is 16.5. The molecule has 0 saturated heterocycles. The van der Waals surface area contributed by atoms with E-state index in [2.05, 4.69) is 10.6 Å². The average Bonchev–Trinajstić information content (AvgIpc) is 3.26. The van der Waals surface area contributed by atoms with Crippen molar-refractivity contribution in [2.24, 2.45) is 11.8 Å². The first-order valence-electron chi connectivity index (χ1n) is 20.7. The minimum Gasteiger partial charge on any atom is -0.507 e. The molecule has 6 aromatic carbocycles. The number of phenolic OH excluding ortho intramolecular Hbond substituents is 2. The summed E-state index contributed by atoms with van der Waals surface area (Å²) in [7, 11) is 0. The molecule has 0 bridgehead atoms. The summed E-state index contributed by atoms with van der Waals surface area (Å²) in [6, 6.07) is 38.9. The van der Waals surface area contributed by atoms with Crippen molar-refractivity contribution >= 4 is 45.2 Å². The Kier molecular flexibility index (Phi) is 10.9. The highest BCUT2D eigenvalue weighted by Gasteiger charge is 2.38. The van der Waals surface area contributed by atoms with Crippen LogP contribution in [0.1, 0.15) is 61.1 Å². The van der Waals surface area contributed by atoms with E-state index in [1.165, 1.54) is 12.4 Å². The fourth-order valence-electron chi connectivity index (χ4n) is 8.72. The van der Waals surface area contributed by atoms with Gasteiger partial charge in [-0.1, -0.05) is 125 Å². The molecule has 8 rings (SSSR count). The Morgan fingerprint density at radius 2 is 0.774 bits per heavy atom. The van der Waals surface area contributed by atoms with Gasteiger partial charge in [0.05, 0.1) is 11.1 Å². The third-order valence-electron chi connectivity index (χ3n) is 11.7. The smallest absolute Gasteiger partial charge is 0.229 e. The third kappa shape index (κ3) is 7.23. The molecule has 6 N–H and O–H groups in total. The predicted octanol–water partition coefficient (Wildman–Crippen LogP) is 12.6. The summed E-state index contributed by atoms with van der Waals surface area (Å²) in [6.45, 7) is 11.1. The Morgan fingerprint density at radius 1 is 0.452 bits per heavy atom. The Hall–Kier alpha value is -7.58. The normalized spacial score (nSPS) is 15.2. The Labute approximate surface area is 361 Å². The first-order chi connectivity index (χ1) is 29.8. The van der Waals surface area contributed by atoms with Crippen LogP contribution in [0, 0.1) is 25.7 Å². The van der Waals surface area contributed by atoms with Crippen molar-refractivity contribution in [1.29, 1.82) is 0 Å². The number of nitrogens with one attached hydrogen (secondary N) is 2. The zero-order valence-corrected chi connectivity index (χ0v) is 35.5. The molecule has 0 radical (unpaired) electrons. The molecule has 6 aromatic rings. The van der Waals surface area contributed by atoms with E-state index in [1.54, 1.807) is 13.8 Å². The number of aryl methyl sites for hydroxylation is 2. The minimum absolute atomic E-state index is 0.0380. The molecule has 0 aromatic heterocycles. The standard InChI is InChI=1S/C54H48N2O6/c1-29(2)43-39-25-31(5)45(51(59)47(39)41(49(57)53(43)61)27-55-37-21-17-35(18-22-37)33-13-9-7-10-14-33)46-32(6)26-40-44(30(3)4)54(62)50(58)42(48(40)52(46)60)28-56-38-23-19-36(20-24-38)34-15-11-8-12-16-34/h7-30,55-56,59-62H,1-6H3. The van der Waals surface area contributed by atoms with E-state index in [9.17, 15) is 30.0 Å². The number of hydrogen-bond acceptors (Lipinski definition) is 8. The summed E-state index contributed by atoms with van der Waals surface area (Å²) < 4.78 is 0. The number of carbonyl (C=O) groups excluding carboxylic acids is 2. The van der Waals surface area contributed by atoms with Crippen LogP contribution in [0.15, 0.2) is 145 Å². The van der Waals surface area contributed by atoms with Crippen molar-refractivity contribution in [1.82, 2.24) is 0 Å². The molecule has 0 saturated carbocycles. The zero-order valence-electron chi connectivity index (χ0n) is 35.5. The van der Waals surface area contributed by atoms with Crippen LogP contribution >= 0.6 is 0 Å². The fraction of sp³-hybridized carbons (Fsp3) is 0.148. The number of phenols is 2. The maximum atomic E-state index is 14.1. The number of rotatable bonds is 9. The molecule has 0 aliphatic heterocycles. The lowest BCUT2D eigenvalue weighted by Crippen LogP contribution is -2.20. The number of carbonyl (C=O) groups is 2. The zero-order chi connectivity index (χ0) is 44.0. The molecule has 62 heavy (non-hydrogen) atoms. The van der Waals surface area contributed by atoms with Gasteiger partial charge in [0, 0.05) is 57.2 Å². The Bertz CT molecular complexity index is 2700. The highest BCUT2D eigenvalue weighted by molar-refractivity contribution is 6.35. The van der Waals surface area contributed by atoms with Gasteiger partial charge in [-0.3, -0.25) is 9.59 Å². The van der Waals surface area contributed by atoms with Gasteiger partial charge in [-0.25, -0.2) is 0 Å². The lowest BCUT2D eigenvalue weighted by Gasteiger charge is -2.29. The van der Waals surface area contributed by atoms with E-state index < -0.39 is 23.1 Å². The van der Waals surface area contributed by atoms with Crippen LogP contribution < -0.4 is 10.6 Å². The topological polar surface area (TPSA) is 139 Å². The Balaban J connectivity index is 1.26. The molecule has 0 atom stereocenters. The van der Waals surface area contributed by atoms with Gasteiger partial charge in [0.25, 0.3) is 0 Å². The fourth-order valence-corrected chi connectivity index (χ4v) is 8.72. The van der Waals surface area contributed by atoms with Gasteiger partial charge >= 0.3 is 0 Å². The van der Waals surface area contributed by atoms with E-state index >= 15 is 0 Å². The highest BCUT2D eigenvalue weighted by Crippen LogP contribution is 2.53. The number of aliphatic hydroxyl groups excluding tert-OH is 2. The van der Waals surface area contributed by atoms with E-state index in [1.807, 2.05) is 149 Å². The van der Waals surface area contributed by atoms with Crippen LogP contribution in [0.3, 0.4) is 0 Å². The van der Waals surface area contributed by atoms with Gasteiger partial charge in [-0.2, -0.15) is 0 Å². The molecule has 0 spiro atoms. The molecule has 0 heterocycles. The Morgan fingerprint density at radius 3 is 1.10 bits per heavy atom. The number of ketones is 2. The molecular weight excluding hydrogens is 773 g/mol. The molecule has 0 unspecified atom stereocenters. The summed E-state index contributed by atoms with van der Waals surface area (Å²) >= 11 is 0. The first kappa shape index (κ1) is 41.2. The molecule has 2 aliphatic rings. The summed E-state index contributed by atoms with van der Waals surface area (Å²) in [5.41, 5.74) is 9.43. The van der Waals surface area contributed by atoms with Gasteiger partial charge in [0.2, 0.25) is 11.6 Å². The van der Waals surface area contributed by atoms with Crippen LogP contribution in [0.2, 0.25) is 0 Å². The van der Waals surface area contributed by atoms with Crippen LogP contribution in [-0.2, 0) is 9.59 Å². The van der Waals surface area contributed by atoms with Crippen molar-refractivity contribution < 1.29 is 30.0 Å². The largest absolute Gasteiger partial charge is 0.507 e. The summed E-state index contributed by atoms with van der Waals surface area (Å²) in [5, 5.41) is 54.3. The van der Waals surface area contributed by atoms with Crippen molar-refractivity contribution in [3.63, 3.8) is 0 Å². The van der Waals surface area contributed by atoms with E-state index in [0.29, 0.717) is 44.8 Å². The van der Waals surface area contributed by atoms with Crippen molar-refractivity contribution in [2.45, 2.75) is 41.5 Å². The second-order valence-corrected chi connectivity index (χ2v) is 16.5. The molecule has 8 heteroatoms. The van der Waals surface area contributed by atoms with E-state index in [0.717, 1.165) is 22.3 Å². The maximum Gasteiger partial charge on any atom is 0.229 e. The number of allylic oxidation sites excluding steroid dienone is 4. The van der Waals surface area contributed by atoms with Crippen LogP contribution in [-0.4, -0.2) is 32.0 Å². The number of benzene rings is 6. The summed E-state index contributed by atoms with van der Waals surface area (Å²) in [4.78, 5) is 28.2. The monoisotopic (exact) mass is 820 g/mol. The van der Waals surface area contributed by atoms with Crippen LogP contribution in [0.25, 0.3) is 55.7 Å². The minimum atomic E-state index is -0.660. The predicted molar refractivity (Wildman–Crippen MR) is 250 cm³/mol. The van der Waals surface area contributed by atoms with Gasteiger partial charge in [-0.05, 0) is 94.5 Å². The quantitative estimate of drug-likeness (QED) is 0.0793. The number of hydrogen-bond donors (Lipinski definition) is 6. The first-order valence-corrected chi connectivity index (χ1v) is 20.7. The molecule has 310 valence electrons. The number of fused-ring (bicyclic) bond motifs is 2. The van der Waals surface area contributed by atoms with Crippen molar-refractivity contribution in [3.8, 4) is 44.9 Å². The highest BCUT2D eigenvalue weighted by atomic mass is 16.3. The molecular formula is C54H48N2O6. The molecule has 2 aliphatic carbocycles. The maximum absolute atomic E-state index is 14.1. The lowest BCUT2D eigenvalue weighted by atomic mass is 9.75. The summed E-state index contributed by atoms with van der Waals surface area (Å²) in [5.74, 6) is -3.22. The average molecular weight is 821 g/mol. The van der Waals surface area contributed by atoms with Crippen LogP contribution in [0.4, 0.5) is 11.4 Å². The SMILES string of the molecule is Cc1cc2c(c(O)c1-c1c(C)cc3c(c1O)C(=CNc1ccc(-c4ccccc4)cc1)C(=O)C(O)=C3C(C)C)C(=CNc1ccc(-c3ccccc3)cc1)C(=O)C(O)=C2C(C)C. The second kappa shape index (κ2) is 16.5.